The van der Waals surface area contributed by atoms with Crippen molar-refractivity contribution in [1.82, 2.24) is 14.8 Å². The number of piperidine rings is 1. The molecule has 1 N–H and O–H groups in total. The number of thiazole rings is 1. The van der Waals surface area contributed by atoms with Crippen molar-refractivity contribution in [2.24, 2.45) is 0 Å². The summed E-state index contributed by atoms with van der Waals surface area (Å²) in [6.45, 7) is 2.83. The zero-order valence-electron chi connectivity index (χ0n) is 19.7. The molecule has 2 saturated heterocycles. The quantitative estimate of drug-likeness (QED) is 0.557. The second kappa shape index (κ2) is 11.7. The van der Waals surface area contributed by atoms with E-state index in [1.54, 1.807) is 41.7 Å². The number of carbonyl (C=O) groups excluding carboxylic acids is 3. The largest absolute Gasteiger partial charge is 0.383 e. The summed E-state index contributed by atoms with van der Waals surface area (Å²) >= 11 is 1.25. The van der Waals surface area contributed by atoms with E-state index in [4.69, 9.17) is 14.2 Å². The summed E-state index contributed by atoms with van der Waals surface area (Å²) in [6.07, 6.45) is 1.49. The third-order valence-corrected chi connectivity index (χ3v) is 6.84. The summed E-state index contributed by atoms with van der Waals surface area (Å²) in [7, 11) is 1.54. The molecule has 0 aliphatic carbocycles. The Morgan fingerprint density at radius 2 is 1.89 bits per heavy atom. The minimum absolute atomic E-state index is 0.0137. The van der Waals surface area contributed by atoms with Gasteiger partial charge in [0, 0.05) is 50.5 Å². The minimum Gasteiger partial charge on any atom is -0.383 e. The molecule has 0 saturated carbocycles. The first-order valence-corrected chi connectivity index (χ1v) is 12.5. The van der Waals surface area contributed by atoms with E-state index >= 15 is 0 Å². The van der Waals surface area contributed by atoms with Crippen molar-refractivity contribution >= 4 is 34.2 Å². The first-order chi connectivity index (χ1) is 17.0. The molecule has 188 valence electrons. The highest BCUT2D eigenvalue weighted by Crippen LogP contribution is 2.31. The first-order valence-electron chi connectivity index (χ1n) is 11.6. The van der Waals surface area contributed by atoms with Crippen LogP contribution in [0.1, 0.15) is 28.9 Å². The molecule has 0 atom stereocenters. The maximum absolute atomic E-state index is 12.8. The van der Waals surface area contributed by atoms with Crippen LogP contribution in [-0.2, 0) is 30.2 Å². The highest BCUT2D eigenvalue weighted by molar-refractivity contribution is 7.13. The van der Waals surface area contributed by atoms with Gasteiger partial charge in [-0.3, -0.25) is 14.4 Å². The lowest BCUT2D eigenvalue weighted by molar-refractivity contribution is -0.187. The molecule has 2 fully saturated rings. The van der Waals surface area contributed by atoms with Gasteiger partial charge in [-0.25, -0.2) is 4.98 Å². The summed E-state index contributed by atoms with van der Waals surface area (Å²) < 4.78 is 16.5. The minimum atomic E-state index is -0.520. The molecule has 1 spiro atoms. The Kier molecular flexibility index (Phi) is 8.45. The molecule has 10 nitrogen and oxygen atoms in total. The number of carbonyl (C=O) groups is 3. The molecular formula is C24H30N4O6S. The van der Waals surface area contributed by atoms with Gasteiger partial charge in [-0.2, -0.15) is 0 Å². The van der Waals surface area contributed by atoms with Gasteiger partial charge in [0.05, 0.1) is 31.9 Å². The van der Waals surface area contributed by atoms with E-state index in [0.717, 1.165) is 0 Å². The van der Waals surface area contributed by atoms with Crippen molar-refractivity contribution in [3.05, 3.63) is 47.0 Å². The number of aromatic nitrogens is 1. The van der Waals surface area contributed by atoms with E-state index in [2.05, 4.69) is 10.3 Å². The van der Waals surface area contributed by atoms with Crippen molar-refractivity contribution in [2.45, 2.75) is 25.0 Å². The van der Waals surface area contributed by atoms with Gasteiger partial charge in [0.1, 0.15) is 6.54 Å². The fourth-order valence-corrected chi connectivity index (χ4v) is 4.87. The summed E-state index contributed by atoms with van der Waals surface area (Å²) in [5.41, 5.74) is 1.10. The zero-order chi connectivity index (χ0) is 24.7. The van der Waals surface area contributed by atoms with Crippen molar-refractivity contribution in [3.8, 4) is 0 Å². The Bertz CT molecular complexity index is 1010. The second-order valence-electron chi connectivity index (χ2n) is 8.44. The molecule has 35 heavy (non-hydrogen) atoms. The number of hydrogen-bond acceptors (Lipinski definition) is 8. The Morgan fingerprint density at radius 1 is 1.17 bits per heavy atom. The van der Waals surface area contributed by atoms with Gasteiger partial charge >= 0.3 is 0 Å². The molecule has 2 aliphatic heterocycles. The molecule has 3 heterocycles. The Labute approximate surface area is 208 Å². The van der Waals surface area contributed by atoms with Gasteiger partial charge < -0.3 is 29.3 Å². The number of rotatable bonds is 9. The zero-order valence-corrected chi connectivity index (χ0v) is 20.6. The molecule has 0 unspecified atom stereocenters. The SMILES string of the molecule is COCCN(CC(=O)Nc1nc(CC(=O)N2CCC3(CC2)OCCO3)cs1)C(=O)c1ccccc1. The predicted molar refractivity (Wildman–Crippen MR) is 129 cm³/mol. The molecule has 2 aromatic rings. The van der Waals surface area contributed by atoms with Crippen molar-refractivity contribution in [1.29, 1.82) is 0 Å². The van der Waals surface area contributed by atoms with E-state index in [0.29, 0.717) is 62.1 Å². The lowest BCUT2D eigenvalue weighted by atomic mass is 10.0. The van der Waals surface area contributed by atoms with Crippen LogP contribution < -0.4 is 5.32 Å². The summed E-state index contributed by atoms with van der Waals surface area (Å²) in [6, 6.07) is 8.80. The van der Waals surface area contributed by atoms with E-state index < -0.39 is 5.79 Å². The Balaban J connectivity index is 1.28. The maximum atomic E-state index is 12.8. The standard InChI is InChI=1S/C24H30N4O6S/c1-32-12-11-28(22(31)18-5-3-2-4-6-18)16-20(29)26-23-25-19(17-35-23)15-21(30)27-9-7-24(8-10-27)33-13-14-34-24/h2-6,17H,7-16H2,1H3,(H,25,26,29). The summed E-state index contributed by atoms with van der Waals surface area (Å²) in [4.78, 5) is 45.8. The highest BCUT2D eigenvalue weighted by atomic mass is 32.1. The molecule has 0 bridgehead atoms. The van der Waals surface area contributed by atoms with Crippen molar-refractivity contribution in [3.63, 3.8) is 0 Å². The fourth-order valence-electron chi connectivity index (χ4n) is 4.14. The van der Waals surface area contributed by atoms with Crippen LogP contribution in [0.25, 0.3) is 0 Å². The number of amides is 3. The number of likely N-dealkylation sites (tertiary alicyclic amines) is 1. The smallest absolute Gasteiger partial charge is 0.254 e. The molecule has 3 amide bonds. The third-order valence-electron chi connectivity index (χ3n) is 6.03. The average molecular weight is 503 g/mol. The van der Waals surface area contributed by atoms with Gasteiger partial charge in [-0.1, -0.05) is 18.2 Å². The number of hydrogen-bond donors (Lipinski definition) is 1. The molecule has 4 rings (SSSR count). The normalized spacial score (nSPS) is 16.9. The van der Waals surface area contributed by atoms with Crippen molar-refractivity contribution < 1.29 is 28.6 Å². The lowest BCUT2D eigenvalue weighted by Gasteiger charge is -2.37. The topological polar surface area (TPSA) is 110 Å². The number of nitrogens with one attached hydrogen (secondary N) is 1. The second-order valence-corrected chi connectivity index (χ2v) is 9.30. The summed E-state index contributed by atoms with van der Waals surface area (Å²) in [5.74, 6) is -1.15. The number of benzene rings is 1. The van der Waals surface area contributed by atoms with Gasteiger partial charge in [0.15, 0.2) is 10.9 Å². The Hall–Kier alpha value is -2.86. The van der Waals surface area contributed by atoms with Gasteiger partial charge in [-0.15, -0.1) is 11.3 Å². The third kappa shape index (κ3) is 6.63. The molecule has 1 aromatic heterocycles. The lowest BCUT2D eigenvalue weighted by Crippen LogP contribution is -2.47. The first kappa shape index (κ1) is 25.2. The van der Waals surface area contributed by atoms with Crippen LogP contribution in [-0.4, -0.2) is 91.4 Å². The van der Waals surface area contributed by atoms with Crippen LogP contribution in [0.15, 0.2) is 35.7 Å². The maximum Gasteiger partial charge on any atom is 0.254 e. The number of ether oxygens (including phenoxy) is 3. The van der Waals surface area contributed by atoms with Crippen LogP contribution in [0.3, 0.4) is 0 Å². The Morgan fingerprint density at radius 3 is 2.57 bits per heavy atom. The summed E-state index contributed by atoms with van der Waals surface area (Å²) in [5, 5.41) is 4.89. The van der Waals surface area contributed by atoms with Crippen LogP contribution in [0, 0.1) is 0 Å². The number of anilines is 1. The van der Waals surface area contributed by atoms with Crippen LogP contribution in [0.4, 0.5) is 5.13 Å². The van der Waals surface area contributed by atoms with Crippen LogP contribution in [0.5, 0.6) is 0 Å². The predicted octanol–water partition coefficient (Wildman–Crippen LogP) is 1.78. The molecule has 2 aliphatic rings. The molecule has 11 heteroatoms. The van der Waals surface area contributed by atoms with Crippen molar-refractivity contribution in [2.75, 3.05) is 58.4 Å². The van der Waals surface area contributed by atoms with E-state index in [9.17, 15) is 14.4 Å². The number of nitrogens with zero attached hydrogens (tertiary/aromatic N) is 3. The average Bonchev–Trinajstić information content (AvgIpc) is 3.51. The van der Waals surface area contributed by atoms with E-state index in [-0.39, 0.29) is 37.2 Å². The molecule has 1 aromatic carbocycles. The van der Waals surface area contributed by atoms with Gasteiger partial charge in [0.2, 0.25) is 11.8 Å². The molecular weight excluding hydrogens is 472 g/mol. The van der Waals surface area contributed by atoms with Crippen LogP contribution >= 0.6 is 11.3 Å². The number of methoxy groups -OCH3 is 1. The van der Waals surface area contributed by atoms with E-state index in [1.165, 1.54) is 16.2 Å². The molecule has 0 radical (unpaired) electrons. The fraction of sp³-hybridized carbons (Fsp3) is 0.500. The van der Waals surface area contributed by atoms with E-state index in [1.807, 2.05) is 6.07 Å². The monoisotopic (exact) mass is 502 g/mol. The van der Waals surface area contributed by atoms with Gasteiger partial charge in [0.25, 0.3) is 5.91 Å². The van der Waals surface area contributed by atoms with Gasteiger partial charge in [-0.05, 0) is 12.1 Å². The van der Waals surface area contributed by atoms with Crippen LogP contribution in [0.2, 0.25) is 0 Å². The highest BCUT2D eigenvalue weighted by Gasteiger charge is 2.40.